The van der Waals surface area contributed by atoms with E-state index in [0.29, 0.717) is 19.3 Å². The molecule has 0 radical (unpaired) electrons. The summed E-state index contributed by atoms with van der Waals surface area (Å²) >= 11 is 0. The number of phosphoric ester groups is 2. The van der Waals surface area contributed by atoms with Gasteiger partial charge >= 0.3 is 33.6 Å². The number of unbranched alkanes of at least 4 members (excludes halogenated alkanes) is 21. The van der Waals surface area contributed by atoms with Crippen molar-refractivity contribution in [2.45, 2.75) is 257 Å². The molecule has 0 aromatic rings. The van der Waals surface area contributed by atoms with Crippen molar-refractivity contribution < 1.29 is 75.8 Å². The van der Waals surface area contributed by atoms with E-state index in [1.165, 1.54) is 38.5 Å². The molecule has 16 nitrogen and oxygen atoms in total. The average Bonchev–Trinajstić information content (AvgIpc) is 3.44. The number of rotatable bonds is 58. The first kappa shape index (κ1) is 77.7. The van der Waals surface area contributed by atoms with Gasteiger partial charge in [-0.1, -0.05) is 196 Å². The molecule has 0 aliphatic heterocycles. The van der Waals surface area contributed by atoms with Crippen LogP contribution in [0.2, 0.25) is 0 Å². The largest absolute Gasteiger partial charge is 0.472 e. The highest BCUT2D eigenvalue weighted by molar-refractivity contribution is 7.47. The minimum atomic E-state index is -4.92. The van der Waals surface area contributed by atoms with Crippen LogP contribution in [0, 0.1) is 0 Å². The smallest absolute Gasteiger partial charge is 0.463 e. The first-order chi connectivity index (χ1) is 39.2. The van der Waals surface area contributed by atoms with Crippen LogP contribution in [0.1, 0.15) is 239 Å². The van der Waals surface area contributed by atoms with Crippen molar-refractivity contribution in [3.05, 3.63) is 85.1 Å². The molecular formula is C63H110O16P2. The molecule has 0 amide bonds. The van der Waals surface area contributed by atoms with Crippen LogP contribution in [0.25, 0.3) is 0 Å². The van der Waals surface area contributed by atoms with Crippen molar-refractivity contribution in [1.82, 2.24) is 0 Å². The Balaban J connectivity index is 4.63. The number of aliphatic hydroxyl groups excluding tert-OH is 2. The molecule has 0 aromatic carbocycles. The summed E-state index contributed by atoms with van der Waals surface area (Å²) in [5.41, 5.74) is 0. The maximum atomic E-state index is 12.8. The molecule has 0 aromatic heterocycles. The molecule has 0 saturated heterocycles. The third-order valence-corrected chi connectivity index (χ3v) is 14.5. The van der Waals surface area contributed by atoms with Gasteiger partial charge < -0.3 is 34.2 Å². The Morgan fingerprint density at radius 3 is 1.09 bits per heavy atom. The molecule has 5 atom stereocenters. The molecule has 468 valence electrons. The van der Waals surface area contributed by atoms with Crippen molar-refractivity contribution in [1.29, 1.82) is 0 Å². The van der Waals surface area contributed by atoms with Gasteiger partial charge in [0.2, 0.25) is 0 Å². The summed E-state index contributed by atoms with van der Waals surface area (Å²) in [6, 6.07) is 0. The van der Waals surface area contributed by atoms with Crippen LogP contribution in [-0.2, 0) is 55.8 Å². The van der Waals surface area contributed by atoms with Gasteiger partial charge in [-0.05, 0) is 109 Å². The van der Waals surface area contributed by atoms with Gasteiger partial charge in [-0.25, -0.2) is 9.13 Å². The highest BCUT2D eigenvalue weighted by Crippen LogP contribution is 2.45. The number of hydrogen-bond acceptors (Lipinski definition) is 14. The molecule has 4 N–H and O–H groups in total. The summed E-state index contributed by atoms with van der Waals surface area (Å²) in [7, 11) is -9.77. The fraction of sp³-hybridized carbons (Fsp3) is 0.730. The molecule has 0 aliphatic carbocycles. The van der Waals surface area contributed by atoms with Crippen molar-refractivity contribution in [3.63, 3.8) is 0 Å². The van der Waals surface area contributed by atoms with E-state index in [0.717, 1.165) is 141 Å². The number of aliphatic hydroxyl groups is 2. The van der Waals surface area contributed by atoms with Crippen LogP contribution in [0.4, 0.5) is 0 Å². The van der Waals surface area contributed by atoms with Crippen molar-refractivity contribution in [3.8, 4) is 0 Å². The number of carbonyl (C=O) groups is 3. The fourth-order valence-corrected chi connectivity index (χ4v) is 9.39. The predicted octanol–water partition coefficient (Wildman–Crippen LogP) is 16.2. The zero-order valence-electron chi connectivity index (χ0n) is 50.2. The van der Waals surface area contributed by atoms with E-state index in [9.17, 15) is 43.5 Å². The second kappa shape index (κ2) is 57.2. The van der Waals surface area contributed by atoms with Crippen molar-refractivity contribution in [2.75, 3.05) is 39.6 Å². The Labute approximate surface area is 489 Å². The van der Waals surface area contributed by atoms with E-state index in [1.54, 1.807) is 0 Å². The molecule has 0 spiro atoms. The van der Waals surface area contributed by atoms with Gasteiger partial charge in [0, 0.05) is 19.3 Å². The van der Waals surface area contributed by atoms with E-state index in [4.69, 9.17) is 32.3 Å². The Bertz CT molecular complexity index is 1830. The minimum Gasteiger partial charge on any atom is -0.463 e. The lowest BCUT2D eigenvalue weighted by atomic mass is 10.1. The number of phosphoric acid groups is 2. The SMILES string of the molecule is CC/C=C\C/C=C\C/C=C\CCCCCCCC(=O)OCC(COP(=O)(O)OCC(O)COP(=O)(O)OCC(O)COC(=O)CCCCCCCC/C=C\C/C=C\C/C=C\CCCCC)OC(=O)CCCCCCC/C=C\CCCC. The molecule has 5 unspecified atom stereocenters. The van der Waals surface area contributed by atoms with Gasteiger partial charge in [0.1, 0.15) is 25.4 Å². The zero-order valence-corrected chi connectivity index (χ0v) is 52.0. The summed E-state index contributed by atoms with van der Waals surface area (Å²) in [6.07, 6.45) is 58.0. The lowest BCUT2D eigenvalue weighted by Gasteiger charge is -2.21. The van der Waals surface area contributed by atoms with Crippen LogP contribution in [0.3, 0.4) is 0 Å². The molecule has 0 fully saturated rings. The quantitative estimate of drug-likeness (QED) is 0.0146. The lowest BCUT2D eigenvalue weighted by Crippen LogP contribution is -2.30. The summed E-state index contributed by atoms with van der Waals surface area (Å²) in [6.45, 7) is 2.42. The maximum Gasteiger partial charge on any atom is 0.472 e. The summed E-state index contributed by atoms with van der Waals surface area (Å²) in [5.74, 6) is -1.62. The molecule has 0 heterocycles. The third kappa shape index (κ3) is 58.3. The number of hydrogen-bond donors (Lipinski definition) is 4. The molecule has 0 aliphatic rings. The van der Waals surface area contributed by atoms with Crippen LogP contribution < -0.4 is 0 Å². The molecular weight excluding hydrogens is 1070 g/mol. The number of allylic oxidation sites excluding steroid dienone is 14. The van der Waals surface area contributed by atoms with E-state index in [2.05, 4.69) is 106 Å². The maximum absolute atomic E-state index is 12.8. The Morgan fingerprint density at radius 1 is 0.358 bits per heavy atom. The highest BCUT2D eigenvalue weighted by Gasteiger charge is 2.29. The Morgan fingerprint density at radius 2 is 0.667 bits per heavy atom. The second-order valence-electron chi connectivity index (χ2n) is 20.5. The lowest BCUT2D eigenvalue weighted by molar-refractivity contribution is -0.161. The summed E-state index contributed by atoms with van der Waals surface area (Å²) < 4.78 is 60.6. The second-order valence-corrected chi connectivity index (χ2v) is 23.4. The molecule has 0 rings (SSSR count). The van der Waals surface area contributed by atoms with Gasteiger partial charge in [-0.3, -0.25) is 32.5 Å². The number of carbonyl (C=O) groups excluding carboxylic acids is 3. The van der Waals surface area contributed by atoms with Crippen LogP contribution in [0.5, 0.6) is 0 Å². The Hall–Kier alpha value is -3.27. The number of esters is 3. The summed E-state index contributed by atoms with van der Waals surface area (Å²) in [4.78, 5) is 58.1. The summed E-state index contributed by atoms with van der Waals surface area (Å²) in [5, 5.41) is 20.5. The number of ether oxygens (including phenoxy) is 3. The van der Waals surface area contributed by atoms with E-state index in [-0.39, 0.29) is 19.3 Å². The standard InChI is InChI=1S/C63H110O16P2/c1-4-7-10-13-16-19-22-24-26-27-28-29-31-33-35-37-40-43-46-49-61(66)73-52-58(64)53-75-80(69,70)76-54-59(65)55-77-81(71,72)78-57-60(79-63(68)51-48-45-42-39-34-21-18-15-12-9-6-3)56-74-62(67)50-47-44-41-38-36-32-30-25-23-20-17-14-11-8-5-2/h8,11,15-20,24-26,28-30,58-60,64-65H,4-7,9-10,12-14,21-23,27,31-57H2,1-3H3,(H,69,70)(H,71,72)/b11-8-,18-15-,19-16-,20-17-,26-24-,29-28-,30-25-. The van der Waals surface area contributed by atoms with Gasteiger partial charge in [0.15, 0.2) is 6.10 Å². The minimum absolute atomic E-state index is 0.0893. The van der Waals surface area contributed by atoms with Crippen LogP contribution in [0.15, 0.2) is 85.1 Å². The van der Waals surface area contributed by atoms with Gasteiger partial charge in [0.25, 0.3) is 0 Å². The average molecular weight is 1190 g/mol. The van der Waals surface area contributed by atoms with Gasteiger partial charge in [0.05, 0.1) is 26.4 Å². The van der Waals surface area contributed by atoms with Gasteiger partial charge in [-0.15, -0.1) is 0 Å². The zero-order chi connectivity index (χ0) is 59.6. The van der Waals surface area contributed by atoms with Crippen molar-refractivity contribution in [2.24, 2.45) is 0 Å². The first-order valence-electron chi connectivity index (χ1n) is 30.9. The Kier molecular flexibility index (Phi) is 54.9. The first-order valence-corrected chi connectivity index (χ1v) is 33.9. The van der Waals surface area contributed by atoms with Crippen LogP contribution in [-0.4, -0.2) is 95.9 Å². The highest BCUT2D eigenvalue weighted by atomic mass is 31.2. The monoisotopic (exact) mass is 1180 g/mol. The van der Waals surface area contributed by atoms with E-state index < -0.39 is 91.5 Å². The van der Waals surface area contributed by atoms with Crippen molar-refractivity contribution >= 4 is 33.6 Å². The third-order valence-electron chi connectivity index (χ3n) is 12.6. The van der Waals surface area contributed by atoms with Crippen LogP contribution >= 0.6 is 15.6 Å². The molecule has 0 bridgehead atoms. The molecule has 81 heavy (non-hydrogen) atoms. The van der Waals surface area contributed by atoms with E-state index >= 15 is 0 Å². The molecule has 18 heteroatoms. The van der Waals surface area contributed by atoms with E-state index in [1.807, 2.05) is 0 Å². The molecule has 0 saturated carbocycles. The van der Waals surface area contributed by atoms with Gasteiger partial charge in [-0.2, -0.15) is 0 Å². The predicted molar refractivity (Wildman–Crippen MR) is 325 cm³/mol. The topological polar surface area (TPSA) is 231 Å². The normalized spacial score (nSPS) is 15.0. The fourth-order valence-electron chi connectivity index (χ4n) is 7.81.